The highest BCUT2D eigenvalue weighted by molar-refractivity contribution is 7.99. The lowest BCUT2D eigenvalue weighted by atomic mass is 10.2. The Kier molecular flexibility index (Phi) is 9.36. The topological polar surface area (TPSA) is 131 Å². The lowest BCUT2D eigenvalue weighted by Crippen LogP contribution is -2.37. The largest absolute Gasteiger partial charge is 0.473 e. The van der Waals surface area contributed by atoms with Crippen LogP contribution in [0, 0.1) is 0 Å². The number of morpholine rings is 1. The molecule has 0 amide bonds. The van der Waals surface area contributed by atoms with Gasteiger partial charge in [-0.3, -0.25) is 14.5 Å². The van der Waals surface area contributed by atoms with Crippen LogP contribution in [0.25, 0.3) is 11.4 Å². The van der Waals surface area contributed by atoms with Gasteiger partial charge in [0.15, 0.2) is 11.0 Å². The molecular formula is C22H25N5O5S. The second-order valence-electron chi connectivity index (χ2n) is 7.03. The van der Waals surface area contributed by atoms with Crippen LogP contribution in [0.1, 0.15) is 5.56 Å². The van der Waals surface area contributed by atoms with Crippen molar-refractivity contribution in [3.63, 3.8) is 0 Å². The molecule has 1 aromatic carbocycles. The van der Waals surface area contributed by atoms with Crippen LogP contribution in [0.3, 0.4) is 0 Å². The van der Waals surface area contributed by atoms with E-state index in [4.69, 9.17) is 24.5 Å². The Morgan fingerprint density at radius 3 is 2.36 bits per heavy atom. The minimum Gasteiger partial charge on any atom is -0.473 e. The zero-order chi connectivity index (χ0) is 23.5. The van der Waals surface area contributed by atoms with Gasteiger partial charge >= 0.3 is 11.9 Å². The maximum absolute atomic E-state index is 9.10. The van der Waals surface area contributed by atoms with Crippen LogP contribution in [0.5, 0.6) is 0 Å². The van der Waals surface area contributed by atoms with Crippen molar-refractivity contribution in [2.45, 2.75) is 11.7 Å². The van der Waals surface area contributed by atoms with E-state index >= 15 is 0 Å². The molecule has 0 unspecified atom stereocenters. The number of benzene rings is 1. The molecular weight excluding hydrogens is 446 g/mol. The van der Waals surface area contributed by atoms with E-state index < -0.39 is 11.9 Å². The van der Waals surface area contributed by atoms with Crippen LogP contribution in [0.4, 0.5) is 0 Å². The first kappa shape index (κ1) is 24.4. The molecule has 0 bridgehead atoms. The third kappa shape index (κ3) is 7.67. The van der Waals surface area contributed by atoms with Crippen molar-refractivity contribution in [3.8, 4) is 11.4 Å². The van der Waals surface area contributed by atoms with Gasteiger partial charge in [-0.15, -0.1) is 10.2 Å². The van der Waals surface area contributed by atoms with Gasteiger partial charge in [-0.05, 0) is 17.7 Å². The maximum atomic E-state index is 9.10. The zero-order valence-electron chi connectivity index (χ0n) is 17.9. The molecule has 33 heavy (non-hydrogen) atoms. The molecule has 0 atom stereocenters. The summed E-state index contributed by atoms with van der Waals surface area (Å²) in [7, 11) is 0. The minimum atomic E-state index is -1.82. The van der Waals surface area contributed by atoms with Crippen molar-refractivity contribution < 1.29 is 24.5 Å². The number of aliphatic carboxylic acids is 2. The van der Waals surface area contributed by atoms with Gasteiger partial charge in [-0.2, -0.15) is 0 Å². The molecule has 4 rings (SSSR count). The highest BCUT2D eigenvalue weighted by Gasteiger charge is 2.16. The second kappa shape index (κ2) is 12.7. The summed E-state index contributed by atoms with van der Waals surface area (Å²) in [6, 6.07) is 14.4. The van der Waals surface area contributed by atoms with Crippen molar-refractivity contribution in [2.24, 2.45) is 0 Å². The van der Waals surface area contributed by atoms with Crippen LogP contribution in [-0.2, 0) is 20.9 Å². The van der Waals surface area contributed by atoms with Gasteiger partial charge in [0.2, 0.25) is 0 Å². The Labute approximate surface area is 195 Å². The van der Waals surface area contributed by atoms with E-state index in [1.807, 2.05) is 24.4 Å². The van der Waals surface area contributed by atoms with E-state index in [9.17, 15) is 0 Å². The van der Waals surface area contributed by atoms with Crippen LogP contribution < -0.4 is 0 Å². The Balaban J connectivity index is 0.000000454. The summed E-state index contributed by atoms with van der Waals surface area (Å²) >= 11 is 1.76. The monoisotopic (exact) mass is 471 g/mol. The number of rotatable bonds is 7. The van der Waals surface area contributed by atoms with E-state index in [2.05, 4.69) is 48.9 Å². The van der Waals surface area contributed by atoms with E-state index in [1.165, 1.54) is 5.56 Å². The van der Waals surface area contributed by atoms with Gasteiger partial charge in [0, 0.05) is 43.3 Å². The number of nitrogens with zero attached hydrogens (tertiary/aromatic N) is 5. The Morgan fingerprint density at radius 1 is 1.00 bits per heavy atom. The Hall–Kier alpha value is -3.28. The van der Waals surface area contributed by atoms with Crippen LogP contribution in [-0.4, -0.2) is 85.4 Å². The zero-order valence-corrected chi connectivity index (χ0v) is 18.7. The molecule has 3 aromatic rings. The quantitative estimate of drug-likeness (QED) is 0.389. The summed E-state index contributed by atoms with van der Waals surface area (Å²) < 4.78 is 7.61. The molecule has 10 nitrogen and oxygen atoms in total. The standard InChI is InChI=1S/C20H23N5OS.C2H2O4/c1-2-5-17(6-3-1)16-25-19(18-7-4-8-21-15-18)22-23-20(25)27-14-11-24-9-12-26-13-10-24;3-1(4)2(5)6/h1-8,15H,9-14,16H2;(H,3,4)(H,5,6). The third-order valence-corrected chi connectivity index (χ3v) is 5.69. The first-order valence-electron chi connectivity index (χ1n) is 10.3. The number of carboxylic acid groups (broad SMARTS) is 2. The SMILES string of the molecule is O=C(O)C(=O)O.c1ccc(Cn2c(SCCN3CCOCC3)nnc2-c2cccnc2)cc1. The van der Waals surface area contributed by atoms with Crippen molar-refractivity contribution in [1.29, 1.82) is 0 Å². The normalized spacial score (nSPS) is 13.7. The highest BCUT2D eigenvalue weighted by Crippen LogP contribution is 2.24. The number of carboxylic acids is 2. The summed E-state index contributed by atoms with van der Waals surface area (Å²) in [5.41, 5.74) is 2.22. The number of ether oxygens (including phenoxy) is 1. The van der Waals surface area contributed by atoms with Crippen LogP contribution in [0.2, 0.25) is 0 Å². The smallest absolute Gasteiger partial charge is 0.414 e. The molecule has 0 aliphatic carbocycles. The molecule has 1 aliphatic rings. The Bertz CT molecular complexity index is 1010. The van der Waals surface area contributed by atoms with Gasteiger partial charge in [0.1, 0.15) is 0 Å². The number of hydrogen-bond acceptors (Lipinski definition) is 8. The first-order valence-corrected chi connectivity index (χ1v) is 11.3. The summed E-state index contributed by atoms with van der Waals surface area (Å²) in [5.74, 6) is -1.80. The van der Waals surface area contributed by atoms with Gasteiger partial charge in [-0.25, -0.2) is 9.59 Å². The average molecular weight is 472 g/mol. The van der Waals surface area contributed by atoms with Gasteiger partial charge in [0.05, 0.1) is 19.8 Å². The number of hydrogen-bond donors (Lipinski definition) is 2. The maximum Gasteiger partial charge on any atom is 0.414 e. The first-order chi connectivity index (χ1) is 16.0. The number of thioether (sulfide) groups is 1. The molecule has 0 radical (unpaired) electrons. The van der Waals surface area contributed by atoms with Crippen molar-refractivity contribution in [2.75, 3.05) is 38.6 Å². The molecule has 1 saturated heterocycles. The van der Waals surface area contributed by atoms with E-state index in [0.29, 0.717) is 0 Å². The van der Waals surface area contributed by atoms with Gasteiger partial charge < -0.3 is 14.9 Å². The average Bonchev–Trinajstić information content (AvgIpc) is 3.23. The van der Waals surface area contributed by atoms with Crippen LogP contribution >= 0.6 is 11.8 Å². The third-order valence-electron chi connectivity index (χ3n) is 4.75. The predicted molar refractivity (Wildman–Crippen MR) is 122 cm³/mol. The molecule has 0 saturated carbocycles. The summed E-state index contributed by atoms with van der Waals surface area (Å²) in [6.45, 7) is 5.48. The summed E-state index contributed by atoms with van der Waals surface area (Å²) in [5, 5.41) is 24.7. The summed E-state index contributed by atoms with van der Waals surface area (Å²) in [6.07, 6.45) is 3.62. The van der Waals surface area contributed by atoms with Crippen molar-refractivity contribution in [1.82, 2.24) is 24.6 Å². The predicted octanol–water partition coefficient (Wildman–Crippen LogP) is 1.97. The highest BCUT2D eigenvalue weighted by atomic mass is 32.2. The van der Waals surface area contributed by atoms with Crippen LogP contribution in [0.15, 0.2) is 60.0 Å². The fraction of sp³-hybridized carbons (Fsp3) is 0.318. The number of pyridine rings is 1. The molecule has 2 N–H and O–H groups in total. The van der Waals surface area contributed by atoms with Crippen molar-refractivity contribution in [3.05, 3.63) is 60.4 Å². The second-order valence-corrected chi connectivity index (χ2v) is 8.09. The fourth-order valence-electron chi connectivity index (χ4n) is 3.10. The van der Waals surface area contributed by atoms with E-state index in [1.54, 1.807) is 18.0 Å². The molecule has 1 fully saturated rings. The van der Waals surface area contributed by atoms with Gasteiger partial charge in [-0.1, -0.05) is 42.1 Å². The molecule has 0 spiro atoms. The molecule has 3 heterocycles. The number of carbonyl (C=O) groups is 2. The fourth-order valence-corrected chi connectivity index (χ4v) is 4.04. The lowest BCUT2D eigenvalue weighted by Gasteiger charge is -2.26. The van der Waals surface area contributed by atoms with E-state index in [0.717, 1.165) is 61.7 Å². The molecule has 174 valence electrons. The molecule has 1 aliphatic heterocycles. The van der Waals surface area contributed by atoms with E-state index in [-0.39, 0.29) is 0 Å². The summed E-state index contributed by atoms with van der Waals surface area (Å²) in [4.78, 5) is 24.9. The number of aromatic nitrogens is 4. The minimum absolute atomic E-state index is 0.748. The molecule has 2 aromatic heterocycles. The Morgan fingerprint density at radius 2 is 1.73 bits per heavy atom. The lowest BCUT2D eigenvalue weighted by molar-refractivity contribution is -0.159. The van der Waals surface area contributed by atoms with Gasteiger partial charge in [0.25, 0.3) is 0 Å². The van der Waals surface area contributed by atoms with Crippen molar-refractivity contribution >= 4 is 23.7 Å². The molecule has 11 heteroatoms.